The van der Waals surface area contributed by atoms with Crippen LogP contribution in [-0.4, -0.2) is 47.7 Å². The second-order valence-electron chi connectivity index (χ2n) is 9.05. The van der Waals surface area contributed by atoms with Gasteiger partial charge in [0.1, 0.15) is 17.3 Å². The van der Waals surface area contributed by atoms with Crippen LogP contribution in [0.1, 0.15) is 38.5 Å². The van der Waals surface area contributed by atoms with Crippen LogP contribution in [0.4, 0.5) is 17.6 Å². The van der Waals surface area contributed by atoms with Crippen molar-refractivity contribution in [3.8, 4) is 5.75 Å². The Bertz CT molecular complexity index is 960. The highest BCUT2D eigenvalue weighted by Crippen LogP contribution is 2.60. The third-order valence-electron chi connectivity index (χ3n) is 6.29. The summed E-state index contributed by atoms with van der Waals surface area (Å²) in [5.41, 5.74) is -0.925. The van der Waals surface area contributed by atoms with Gasteiger partial charge in [-0.15, -0.1) is 13.2 Å². The first-order valence-electron chi connectivity index (χ1n) is 10.3. The largest absolute Gasteiger partial charge is 0.522 e. The molecule has 33 heavy (non-hydrogen) atoms. The van der Waals surface area contributed by atoms with Crippen molar-refractivity contribution in [1.82, 2.24) is 10.6 Å². The van der Waals surface area contributed by atoms with Crippen molar-refractivity contribution in [3.05, 3.63) is 29.0 Å². The van der Waals surface area contributed by atoms with Crippen LogP contribution in [-0.2, 0) is 19.1 Å². The van der Waals surface area contributed by atoms with Crippen LogP contribution in [0.25, 0.3) is 0 Å². The molecule has 0 atom stereocenters. The summed E-state index contributed by atoms with van der Waals surface area (Å²) >= 11 is 5.59. The number of halogens is 5. The van der Waals surface area contributed by atoms with Crippen molar-refractivity contribution in [3.63, 3.8) is 0 Å². The van der Waals surface area contributed by atoms with E-state index in [4.69, 9.17) is 16.3 Å². The highest BCUT2D eigenvalue weighted by molar-refractivity contribution is 6.30. The van der Waals surface area contributed by atoms with Crippen molar-refractivity contribution in [2.75, 3.05) is 6.61 Å². The van der Waals surface area contributed by atoms with E-state index in [0.29, 0.717) is 19.3 Å². The molecule has 0 spiro atoms. The van der Waals surface area contributed by atoms with E-state index in [1.54, 1.807) is 0 Å². The van der Waals surface area contributed by atoms with Gasteiger partial charge >= 0.3 is 6.36 Å². The molecule has 2 N–H and O–H groups in total. The van der Waals surface area contributed by atoms with Crippen LogP contribution in [0, 0.1) is 11.7 Å². The highest BCUT2D eigenvalue weighted by atomic mass is 35.5. The van der Waals surface area contributed by atoms with E-state index in [9.17, 15) is 31.9 Å². The molecule has 0 aromatic heterocycles. The predicted molar refractivity (Wildman–Crippen MR) is 106 cm³/mol. The fourth-order valence-electron chi connectivity index (χ4n) is 4.86. The summed E-state index contributed by atoms with van der Waals surface area (Å²) in [6.07, 6.45) is -4.73. The molecule has 0 aliphatic heterocycles. The van der Waals surface area contributed by atoms with E-state index in [1.807, 2.05) is 0 Å². The van der Waals surface area contributed by atoms with E-state index in [0.717, 1.165) is 6.07 Å². The van der Waals surface area contributed by atoms with Gasteiger partial charge in [0.15, 0.2) is 6.61 Å². The number of alkyl halides is 3. The summed E-state index contributed by atoms with van der Waals surface area (Å²) in [5.74, 6) is -2.36. The maximum Gasteiger partial charge on any atom is 0.522 e. The number of ether oxygens (including phenoxy) is 2. The summed E-state index contributed by atoms with van der Waals surface area (Å²) < 4.78 is 58.9. The third kappa shape index (κ3) is 5.40. The van der Waals surface area contributed by atoms with Gasteiger partial charge in [-0.3, -0.25) is 19.1 Å². The first-order chi connectivity index (χ1) is 15.4. The maximum absolute atomic E-state index is 13.4. The van der Waals surface area contributed by atoms with Crippen molar-refractivity contribution in [2.45, 2.75) is 62.1 Å². The average molecular weight is 493 g/mol. The Morgan fingerprint density at radius 2 is 1.67 bits per heavy atom. The Kier molecular flexibility index (Phi) is 6.06. The molecule has 12 heteroatoms. The van der Waals surface area contributed by atoms with E-state index >= 15 is 0 Å². The number of ketones is 1. The minimum Gasteiger partial charge on any atom is -0.484 e. The molecule has 7 nitrogen and oxygen atoms in total. The number of rotatable bonds is 9. The van der Waals surface area contributed by atoms with E-state index in [1.165, 1.54) is 12.1 Å². The molecule has 0 radical (unpaired) electrons. The topological polar surface area (TPSA) is 93.7 Å². The van der Waals surface area contributed by atoms with Gasteiger partial charge in [0.25, 0.3) is 5.91 Å². The molecule has 4 aliphatic carbocycles. The first kappa shape index (κ1) is 23.7. The van der Waals surface area contributed by atoms with E-state index in [-0.39, 0.29) is 36.1 Å². The zero-order chi connectivity index (χ0) is 24.0. The lowest BCUT2D eigenvalue weighted by Crippen LogP contribution is -2.84. The zero-order valence-corrected chi connectivity index (χ0v) is 18.0. The van der Waals surface area contributed by atoms with Gasteiger partial charge in [-0.05, 0) is 44.2 Å². The van der Waals surface area contributed by atoms with Gasteiger partial charge in [0.2, 0.25) is 5.91 Å². The lowest BCUT2D eigenvalue weighted by atomic mass is 9.44. The van der Waals surface area contributed by atoms with Crippen LogP contribution in [0.5, 0.6) is 5.75 Å². The highest BCUT2D eigenvalue weighted by Gasteiger charge is 2.69. The molecule has 1 aromatic rings. The number of carbonyl (C=O) groups is 3. The van der Waals surface area contributed by atoms with Gasteiger partial charge in [-0.2, -0.15) is 0 Å². The molecule has 4 fully saturated rings. The first-order valence-corrected chi connectivity index (χ1v) is 10.7. The smallest absolute Gasteiger partial charge is 0.484 e. The molecule has 4 saturated carbocycles. The molecule has 0 unspecified atom stereocenters. The summed E-state index contributed by atoms with van der Waals surface area (Å²) in [5, 5.41) is 5.59. The van der Waals surface area contributed by atoms with Crippen LogP contribution < -0.4 is 15.4 Å². The number of hydrogen-bond donors (Lipinski definition) is 2. The second kappa shape index (κ2) is 8.43. The van der Waals surface area contributed by atoms with Gasteiger partial charge in [-0.25, -0.2) is 4.39 Å². The molecule has 2 bridgehead atoms. The third-order valence-corrected chi connectivity index (χ3v) is 6.59. The normalized spacial score (nSPS) is 29.7. The molecule has 0 saturated heterocycles. The van der Waals surface area contributed by atoms with Crippen molar-refractivity contribution < 1.29 is 41.4 Å². The summed E-state index contributed by atoms with van der Waals surface area (Å²) in [7, 11) is 0. The van der Waals surface area contributed by atoms with Crippen LogP contribution >= 0.6 is 11.6 Å². The lowest BCUT2D eigenvalue weighted by molar-refractivity contribution is -0.353. The van der Waals surface area contributed by atoms with E-state index < -0.39 is 53.4 Å². The minimum atomic E-state index is -4.73. The van der Waals surface area contributed by atoms with Crippen molar-refractivity contribution in [1.29, 1.82) is 0 Å². The molecule has 2 amide bonds. The Hall–Kier alpha value is -2.40. The standard InChI is InChI=1S/C21H21ClF4N2O5/c22-14-2-1-12(5-15(14)23)32-7-18(31)28-20-8-19(9-20,10-20)27-17(30)6-16(29)11-3-13(4-11)33-21(24,25)26/h1-2,5,11,13H,3-4,6-10H2,(H,27,30)(H,28,31). The van der Waals surface area contributed by atoms with E-state index in [2.05, 4.69) is 15.4 Å². The van der Waals surface area contributed by atoms with Gasteiger partial charge in [0, 0.05) is 23.1 Å². The van der Waals surface area contributed by atoms with Crippen LogP contribution in [0.2, 0.25) is 5.02 Å². The summed E-state index contributed by atoms with van der Waals surface area (Å²) in [4.78, 5) is 36.4. The maximum atomic E-state index is 13.4. The second-order valence-corrected chi connectivity index (χ2v) is 9.46. The zero-order valence-electron chi connectivity index (χ0n) is 17.3. The Balaban J connectivity index is 1.13. The van der Waals surface area contributed by atoms with Gasteiger partial charge in [0.05, 0.1) is 17.5 Å². The van der Waals surface area contributed by atoms with Crippen molar-refractivity contribution >= 4 is 29.2 Å². The number of Topliss-reactive ketones (excluding diaryl/α,β-unsaturated/α-hetero) is 1. The molecular weight excluding hydrogens is 472 g/mol. The molecule has 1 aromatic carbocycles. The fourth-order valence-corrected chi connectivity index (χ4v) is 4.97. The Morgan fingerprint density at radius 3 is 2.24 bits per heavy atom. The lowest BCUT2D eigenvalue weighted by Gasteiger charge is -2.70. The van der Waals surface area contributed by atoms with Gasteiger partial charge < -0.3 is 15.4 Å². The van der Waals surface area contributed by atoms with Crippen LogP contribution in [0.15, 0.2) is 18.2 Å². The average Bonchev–Trinajstić information content (AvgIpc) is 2.61. The summed E-state index contributed by atoms with van der Waals surface area (Å²) in [6, 6.07) is 3.84. The molecule has 0 heterocycles. The fraction of sp³-hybridized carbons (Fsp3) is 0.571. The number of amides is 2. The molecule has 180 valence electrons. The number of hydrogen-bond acceptors (Lipinski definition) is 5. The Morgan fingerprint density at radius 1 is 1.06 bits per heavy atom. The molecular formula is C21H21ClF4N2O5. The Labute approximate surface area is 191 Å². The predicted octanol–water partition coefficient (Wildman–Crippen LogP) is 3.04. The van der Waals surface area contributed by atoms with Gasteiger partial charge in [-0.1, -0.05) is 11.6 Å². The number of carbonyl (C=O) groups excluding carboxylic acids is 3. The SMILES string of the molecule is O=C(COc1ccc(Cl)c(F)c1)NC12CC(NC(=O)CC(=O)C3CC(OC(F)(F)F)C3)(C1)C2. The molecule has 5 rings (SSSR count). The minimum absolute atomic E-state index is 0.0450. The number of benzene rings is 1. The monoisotopic (exact) mass is 492 g/mol. The quantitative estimate of drug-likeness (QED) is 0.408. The molecule has 4 aliphatic rings. The van der Waals surface area contributed by atoms with Crippen molar-refractivity contribution in [2.24, 2.45) is 5.92 Å². The number of nitrogens with one attached hydrogen (secondary N) is 2. The van der Waals surface area contributed by atoms with Crippen LogP contribution in [0.3, 0.4) is 0 Å². The summed E-state index contributed by atoms with van der Waals surface area (Å²) in [6.45, 7) is -0.308.